The number of aromatic amines is 1. The Kier molecular flexibility index (Phi) is 4.68. The summed E-state index contributed by atoms with van der Waals surface area (Å²) in [6.07, 6.45) is 1.68. The number of fused-ring (bicyclic) bond motifs is 1. The maximum Gasteiger partial charge on any atom is 0.260 e. The number of thiophene rings is 1. The number of benzene rings is 1. The van der Waals surface area contributed by atoms with Gasteiger partial charge in [0.2, 0.25) is 0 Å². The predicted octanol–water partition coefficient (Wildman–Crippen LogP) is 4.06. The quantitative estimate of drug-likeness (QED) is 0.719. The molecule has 6 heteroatoms. The molecule has 0 saturated carbocycles. The number of nitrogens with zero attached hydrogens (tertiary/aromatic N) is 2. The number of allylic oxidation sites excluding steroid dienone is 1. The van der Waals surface area contributed by atoms with E-state index in [1.54, 1.807) is 6.08 Å². The highest BCUT2D eigenvalue weighted by molar-refractivity contribution is 7.18. The third-order valence-corrected chi connectivity index (χ3v) is 5.03. The van der Waals surface area contributed by atoms with E-state index in [2.05, 4.69) is 16.0 Å². The van der Waals surface area contributed by atoms with Crippen LogP contribution < -0.4 is 10.3 Å². The van der Waals surface area contributed by atoms with Gasteiger partial charge in [0.1, 0.15) is 16.6 Å². The molecule has 0 aliphatic carbocycles. The SMILES string of the molecule is CCOc1ccccc1/C=C(\C#N)c1nc2sc(C)c(C)c2c(=O)[nH]1. The molecule has 2 heterocycles. The van der Waals surface area contributed by atoms with Gasteiger partial charge in [-0.05, 0) is 38.5 Å². The first kappa shape index (κ1) is 16.9. The molecule has 0 fully saturated rings. The summed E-state index contributed by atoms with van der Waals surface area (Å²) in [4.78, 5) is 21.3. The second-order valence-electron chi connectivity index (χ2n) is 5.52. The van der Waals surface area contributed by atoms with Gasteiger partial charge in [0.15, 0.2) is 5.82 Å². The van der Waals surface area contributed by atoms with Crippen LogP contribution in [-0.2, 0) is 0 Å². The second kappa shape index (κ2) is 6.91. The molecular weight excluding hydrogens is 334 g/mol. The largest absolute Gasteiger partial charge is 0.493 e. The normalized spacial score (nSPS) is 11.5. The Balaban J connectivity index is 2.15. The Morgan fingerprint density at radius 1 is 1.40 bits per heavy atom. The van der Waals surface area contributed by atoms with E-state index in [1.165, 1.54) is 11.3 Å². The first-order chi connectivity index (χ1) is 12.0. The van der Waals surface area contributed by atoms with E-state index in [-0.39, 0.29) is 17.0 Å². The number of nitriles is 1. The van der Waals surface area contributed by atoms with Crippen molar-refractivity contribution >= 4 is 33.2 Å². The Morgan fingerprint density at radius 2 is 2.16 bits per heavy atom. The topological polar surface area (TPSA) is 78.8 Å². The summed E-state index contributed by atoms with van der Waals surface area (Å²) in [6, 6.07) is 9.57. The van der Waals surface area contributed by atoms with Crippen molar-refractivity contribution in [3.63, 3.8) is 0 Å². The first-order valence-electron chi connectivity index (χ1n) is 7.89. The summed E-state index contributed by atoms with van der Waals surface area (Å²) >= 11 is 1.46. The standard InChI is InChI=1S/C19H17N3O2S/c1-4-24-15-8-6-5-7-13(15)9-14(10-20)17-21-18(23)16-11(2)12(3)25-19(16)22-17/h5-9H,4H2,1-3H3,(H,21,22,23)/b14-9+. The van der Waals surface area contributed by atoms with Crippen molar-refractivity contribution in [1.82, 2.24) is 9.97 Å². The summed E-state index contributed by atoms with van der Waals surface area (Å²) in [7, 11) is 0. The number of H-pyrrole nitrogens is 1. The lowest BCUT2D eigenvalue weighted by molar-refractivity contribution is 0.339. The van der Waals surface area contributed by atoms with Crippen LogP contribution in [0.4, 0.5) is 0 Å². The lowest BCUT2D eigenvalue weighted by Crippen LogP contribution is -2.10. The molecule has 3 aromatic rings. The van der Waals surface area contributed by atoms with Crippen LogP contribution in [0.1, 0.15) is 28.8 Å². The molecule has 1 N–H and O–H groups in total. The third kappa shape index (κ3) is 3.19. The van der Waals surface area contributed by atoms with E-state index in [0.717, 1.165) is 16.0 Å². The number of para-hydroxylation sites is 1. The molecule has 0 radical (unpaired) electrons. The zero-order chi connectivity index (χ0) is 18.0. The molecule has 0 atom stereocenters. The minimum Gasteiger partial charge on any atom is -0.493 e. The first-order valence-corrected chi connectivity index (χ1v) is 8.70. The minimum atomic E-state index is -0.221. The molecule has 0 bridgehead atoms. The van der Waals surface area contributed by atoms with Crippen LogP contribution in [0.3, 0.4) is 0 Å². The van der Waals surface area contributed by atoms with Crippen molar-refractivity contribution < 1.29 is 4.74 Å². The van der Waals surface area contributed by atoms with E-state index in [4.69, 9.17) is 4.74 Å². The van der Waals surface area contributed by atoms with Gasteiger partial charge >= 0.3 is 0 Å². The molecule has 5 nitrogen and oxygen atoms in total. The minimum absolute atomic E-state index is 0.221. The molecule has 25 heavy (non-hydrogen) atoms. The monoisotopic (exact) mass is 351 g/mol. The van der Waals surface area contributed by atoms with Crippen LogP contribution in [0.25, 0.3) is 21.9 Å². The van der Waals surface area contributed by atoms with Gasteiger partial charge in [-0.15, -0.1) is 11.3 Å². The van der Waals surface area contributed by atoms with Crippen molar-refractivity contribution in [2.24, 2.45) is 0 Å². The van der Waals surface area contributed by atoms with Gasteiger partial charge in [-0.3, -0.25) is 4.79 Å². The molecule has 0 saturated heterocycles. The Bertz CT molecular complexity index is 1070. The number of aryl methyl sites for hydroxylation is 2. The van der Waals surface area contributed by atoms with Crippen LogP contribution in [0.5, 0.6) is 5.75 Å². The second-order valence-corrected chi connectivity index (χ2v) is 6.72. The van der Waals surface area contributed by atoms with E-state index in [9.17, 15) is 10.1 Å². The summed E-state index contributed by atoms with van der Waals surface area (Å²) in [5.74, 6) is 0.955. The van der Waals surface area contributed by atoms with Gasteiger partial charge in [0, 0.05) is 10.4 Å². The van der Waals surface area contributed by atoms with Crippen LogP contribution in [0.15, 0.2) is 29.1 Å². The van der Waals surface area contributed by atoms with Gasteiger partial charge in [-0.2, -0.15) is 5.26 Å². The van der Waals surface area contributed by atoms with E-state index >= 15 is 0 Å². The van der Waals surface area contributed by atoms with Crippen molar-refractivity contribution in [3.8, 4) is 11.8 Å². The number of hydrogen-bond acceptors (Lipinski definition) is 5. The van der Waals surface area contributed by atoms with Gasteiger partial charge in [-0.1, -0.05) is 18.2 Å². The number of nitrogens with one attached hydrogen (secondary N) is 1. The average molecular weight is 351 g/mol. The van der Waals surface area contributed by atoms with Gasteiger partial charge in [-0.25, -0.2) is 4.98 Å². The van der Waals surface area contributed by atoms with Crippen molar-refractivity contribution in [3.05, 3.63) is 56.4 Å². The zero-order valence-corrected chi connectivity index (χ0v) is 15.0. The molecule has 1 aromatic carbocycles. The molecule has 0 spiro atoms. The third-order valence-electron chi connectivity index (χ3n) is 3.93. The number of ether oxygens (including phenoxy) is 1. The molecule has 0 unspecified atom stereocenters. The highest BCUT2D eigenvalue weighted by Gasteiger charge is 2.14. The maximum absolute atomic E-state index is 12.4. The average Bonchev–Trinajstić information content (AvgIpc) is 2.89. The highest BCUT2D eigenvalue weighted by atomic mass is 32.1. The molecule has 0 aliphatic heterocycles. The highest BCUT2D eigenvalue weighted by Crippen LogP contribution is 2.28. The smallest absolute Gasteiger partial charge is 0.260 e. The lowest BCUT2D eigenvalue weighted by atomic mass is 10.1. The summed E-state index contributed by atoms with van der Waals surface area (Å²) in [5, 5.41) is 10.2. The fourth-order valence-electron chi connectivity index (χ4n) is 2.58. The lowest BCUT2D eigenvalue weighted by Gasteiger charge is -2.07. The Morgan fingerprint density at radius 3 is 2.88 bits per heavy atom. The van der Waals surface area contributed by atoms with Crippen LogP contribution in [0.2, 0.25) is 0 Å². The zero-order valence-electron chi connectivity index (χ0n) is 14.2. The molecule has 2 aromatic heterocycles. The summed E-state index contributed by atoms with van der Waals surface area (Å²) in [5.41, 5.74) is 1.77. The molecular formula is C19H17N3O2S. The van der Waals surface area contributed by atoms with Gasteiger partial charge in [0.05, 0.1) is 17.6 Å². The fraction of sp³-hybridized carbons (Fsp3) is 0.211. The van der Waals surface area contributed by atoms with Crippen molar-refractivity contribution in [2.75, 3.05) is 6.61 Å². The number of rotatable bonds is 4. The summed E-state index contributed by atoms with van der Waals surface area (Å²) < 4.78 is 5.59. The molecule has 126 valence electrons. The summed E-state index contributed by atoms with van der Waals surface area (Å²) in [6.45, 7) is 6.30. The maximum atomic E-state index is 12.4. The van der Waals surface area contributed by atoms with E-state index < -0.39 is 0 Å². The molecule has 0 amide bonds. The van der Waals surface area contributed by atoms with Crippen LogP contribution >= 0.6 is 11.3 Å². The van der Waals surface area contributed by atoms with Crippen molar-refractivity contribution in [2.45, 2.75) is 20.8 Å². The Labute approximate surface area is 149 Å². The predicted molar refractivity (Wildman–Crippen MR) is 101 cm³/mol. The number of hydrogen-bond donors (Lipinski definition) is 1. The van der Waals surface area contributed by atoms with Crippen LogP contribution in [0, 0.1) is 25.2 Å². The van der Waals surface area contributed by atoms with Gasteiger partial charge < -0.3 is 9.72 Å². The number of aromatic nitrogens is 2. The molecule has 3 rings (SSSR count). The van der Waals surface area contributed by atoms with E-state index in [1.807, 2.05) is 45.0 Å². The van der Waals surface area contributed by atoms with Gasteiger partial charge in [0.25, 0.3) is 5.56 Å². The fourth-order valence-corrected chi connectivity index (χ4v) is 3.61. The van der Waals surface area contributed by atoms with Crippen molar-refractivity contribution in [1.29, 1.82) is 5.26 Å². The van der Waals surface area contributed by atoms with E-state index in [0.29, 0.717) is 22.6 Å². The molecule has 0 aliphatic rings. The van der Waals surface area contributed by atoms with Crippen LogP contribution in [-0.4, -0.2) is 16.6 Å². The Hall–Kier alpha value is -2.91.